The Morgan fingerprint density at radius 1 is 1.00 bits per heavy atom. The molecule has 38 heavy (non-hydrogen) atoms. The Morgan fingerprint density at radius 2 is 1.66 bits per heavy atom. The topological polar surface area (TPSA) is 84.6 Å². The molecule has 0 aliphatic heterocycles. The number of benzene rings is 3. The van der Waals surface area contributed by atoms with E-state index < -0.39 is 11.5 Å². The number of carboxylic acid groups (broad SMARTS) is 1. The van der Waals surface area contributed by atoms with Gasteiger partial charge in [-0.2, -0.15) is 0 Å². The second-order valence-corrected chi connectivity index (χ2v) is 9.53. The molecule has 0 saturated heterocycles. The van der Waals surface area contributed by atoms with Crippen LogP contribution in [-0.2, 0) is 24.2 Å². The molecule has 0 radical (unpaired) electrons. The van der Waals surface area contributed by atoms with Gasteiger partial charge in [0.05, 0.1) is 12.3 Å². The summed E-state index contributed by atoms with van der Waals surface area (Å²) in [6.07, 6.45) is 1.30. The van der Waals surface area contributed by atoms with Crippen LogP contribution < -0.4 is 10.1 Å². The number of nitrogens with zero attached hydrogens (tertiary/aromatic N) is 1. The number of aromatic nitrogens is 1. The van der Waals surface area contributed by atoms with Gasteiger partial charge >= 0.3 is 5.97 Å². The summed E-state index contributed by atoms with van der Waals surface area (Å²) < 4.78 is 25.0. The van der Waals surface area contributed by atoms with Gasteiger partial charge in [-0.3, -0.25) is 10.1 Å². The van der Waals surface area contributed by atoms with Gasteiger partial charge in [0.1, 0.15) is 22.9 Å². The number of halogens is 1. The highest BCUT2D eigenvalue weighted by Gasteiger charge is 2.36. The first-order valence-electron chi connectivity index (χ1n) is 12.8. The van der Waals surface area contributed by atoms with Gasteiger partial charge in [0.15, 0.2) is 0 Å². The van der Waals surface area contributed by atoms with Crippen molar-refractivity contribution in [1.82, 2.24) is 10.3 Å². The van der Waals surface area contributed by atoms with Crippen molar-refractivity contribution in [2.75, 3.05) is 6.61 Å². The summed E-state index contributed by atoms with van der Waals surface area (Å²) in [6, 6.07) is 21.6. The molecule has 0 aliphatic carbocycles. The average molecular weight is 517 g/mol. The molecule has 6 nitrogen and oxygen atoms in total. The van der Waals surface area contributed by atoms with Crippen LogP contribution in [0.15, 0.2) is 77.2 Å². The molecule has 0 aliphatic rings. The average Bonchev–Trinajstić information content (AvgIpc) is 3.29. The number of hydrogen-bond donors (Lipinski definition) is 2. The number of ether oxygens (including phenoxy) is 1. The van der Waals surface area contributed by atoms with Crippen LogP contribution in [0.25, 0.3) is 11.5 Å². The van der Waals surface area contributed by atoms with Crippen molar-refractivity contribution in [3.05, 3.63) is 107 Å². The zero-order valence-electron chi connectivity index (χ0n) is 22.0. The molecular weight excluding hydrogens is 483 g/mol. The molecular formula is C31H33FN2O4. The van der Waals surface area contributed by atoms with Crippen molar-refractivity contribution in [3.8, 4) is 17.2 Å². The third-order valence-electron chi connectivity index (χ3n) is 6.79. The SMILES string of the molecule is CCC(Cc1ccc(OCCc2nc(-c3ccc(C)cc3)oc2C)cc1)(NCc1ccc(F)cc1)C(=O)O. The maximum absolute atomic E-state index is 13.2. The van der Waals surface area contributed by atoms with E-state index in [0.29, 0.717) is 44.1 Å². The summed E-state index contributed by atoms with van der Waals surface area (Å²) in [5.41, 5.74) is 3.54. The third-order valence-corrected chi connectivity index (χ3v) is 6.79. The number of rotatable bonds is 12. The lowest BCUT2D eigenvalue weighted by atomic mass is 9.87. The molecule has 7 heteroatoms. The smallest absolute Gasteiger partial charge is 0.324 e. The molecule has 1 aromatic heterocycles. The van der Waals surface area contributed by atoms with E-state index in [4.69, 9.17) is 9.15 Å². The van der Waals surface area contributed by atoms with Crippen molar-refractivity contribution >= 4 is 5.97 Å². The number of oxazole rings is 1. The van der Waals surface area contributed by atoms with E-state index >= 15 is 0 Å². The van der Waals surface area contributed by atoms with Gasteiger partial charge in [0, 0.05) is 24.9 Å². The molecule has 0 spiro atoms. The molecule has 0 bridgehead atoms. The molecule has 198 valence electrons. The minimum atomic E-state index is -1.14. The Hall–Kier alpha value is -3.97. The fourth-order valence-electron chi connectivity index (χ4n) is 4.29. The summed E-state index contributed by atoms with van der Waals surface area (Å²) in [7, 11) is 0. The Labute approximate surface area is 222 Å². The maximum Gasteiger partial charge on any atom is 0.324 e. The van der Waals surface area contributed by atoms with Crippen LogP contribution in [0.4, 0.5) is 4.39 Å². The summed E-state index contributed by atoms with van der Waals surface area (Å²) in [4.78, 5) is 16.9. The molecule has 2 N–H and O–H groups in total. The maximum atomic E-state index is 13.2. The van der Waals surface area contributed by atoms with E-state index in [9.17, 15) is 14.3 Å². The van der Waals surface area contributed by atoms with Crippen LogP contribution >= 0.6 is 0 Å². The quantitative estimate of drug-likeness (QED) is 0.230. The van der Waals surface area contributed by atoms with E-state index in [-0.39, 0.29) is 5.82 Å². The number of aryl methyl sites for hydroxylation is 2. The van der Waals surface area contributed by atoms with Crippen LogP contribution in [-0.4, -0.2) is 28.2 Å². The lowest BCUT2D eigenvalue weighted by Gasteiger charge is -2.30. The Bertz CT molecular complexity index is 1350. The number of nitrogens with one attached hydrogen (secondary N) is 1. The van der Waals surface area contributed by atoms with E-state index in [1.165, 1.54) is 17.7 Å². The fraction of sp³-hybridized carbons (Fsp3) is 0.290. The summed E-state index contributed by atoms with van der Waals surface area (Å²) in [6.45, 7) is 6.56. The molecule has 0 fully saturated rings. The molecule has 1 heterocycles. The molecule has 0 saturated carbocycles. The zero-order valence-corrected chi connectivity index (χ0v) is 22.0. The third kappa shape index (κ3) is 6.66. The van der Waals surface area contributed by atoms with Crippen LogP contribution in [0.1, 0.15) is 41.5 Å². The van der Waals surface area contributed by atoms with Gasteiger partial charge in [0.2, 0.25) is 5.89 Å². The van der Waals surface area contributed by atoms with Gasteiger partial charge in [-0.05, 0) is 67.8 Å². The van der Waals surface area contributed by atoms with E-state index in [2.05, 4.69) is 10.3 Å². The Morgan fingerprint density at radius 3 is 2.29 bits per heavy atom. The Balaban J connectivity index is 1.34. The van der Waals surface area contributed by atoms with E-state index in [0.717, 1.165) is 28.1 Å². The predicted molar refractivity (Wildman–Crippen MR) is 145 cm³/mol. The monoisotopic (exact) mass is 516 g/mol. The first-order valence-corrected chi connectivity index (χ1v) is 12.8. The first kappa shape index (κ1) is 27.1. The highest BCUT2D eigenvalue weighted by molar-refractivity contribution is 5.79. The molecule has 1 unspecified atom stereocenters. The van der Waals surface area contributed by atoms with Gasteiger partial charge in [-0.15, -0.1) is 0 Å². The number of carboxylic acids is 1. The number of aliphatic carboxylic acids is 1. The van der Waals surface area contributed by atoms with Crippen LogP contribution in [0.3, 0.4) is 0 Å². The van der Waals surface area contributed by atoms with E-state index in [1.54, 1.807) is 12.1 Å². The number of carbonyl (C=O) groups is 1. The van der Waals surface area contributed by atoms with Gasteiger partial charge in [-0.1, -0.05) is 48.9 Å². The fourth-order valence-corrected chi connectivity index (χ4v) is 4.29. The van der Waals surface area contributed by atoms with Crippen LogP contribution in [0.2, 0.25) is 0 Å². The largest absolute Gasteiger partial charge is 0.493 e. The summed E-state index contributed by atoms with van der Waals surface area (Å²) >= 11 is 0. The highest BCUT2D eigenvalue weighted by Crippen LogP contribution is 2.24. The van der Waals surface area contributed by atoms with Crippen LogP contribution in [0, 0.1) is 19.7 Å². The predicted octanol–water partition coefficient (Wildman–Crippen LogP) is 6.28. The minimum Gasteiger partial charge on any atom is -0.493 e. The van der Waals surface area contributed by atoms with Crippen LogP contribution in [0.5, 0.6) is 5.75 Å². The zero-order chi connectivity index (χ0) is 27.1. The minimum absolute atomic E-state index is 0.306. The second kappa shape index (κ2) is 12.0. The Kier molecular flexibility index (Phi) is 8.59. The summed E-state index contributed by atoms with van der Waals surface area (Å²) in [5, 5.41) is 13.2. The van der Waals surface area contributed by atoms with Crippen molar-refractivity contribution in [3.63, 3.8) is 0 Å². The van der Waals surface area contributed by atoms with Crippen molar-refractivity contribution in [2.45, 2.75) is 52.1 Å². The van der Waals surface area contributed by atoms with Crippen molar-refractivity contribution < 1.29 is 23.4 Å². The van der Waals surface area contributed by atoms with Crippen molar-refractivity contribution in [2.24, 2.45) is 0 Å². The highest BCUT2D eigenvalue weighted by atomic mass is 19.1. The lowest BCUT2D eigenvalue weighted by molar-refractivity contribution is -0.145. The van der Waals surface area contributed by atoms with Gasteiger partial charge in [0.25, 0.3) is 0 Å². The lowest BCUT2D eigenvalue weighted by Crippen LogP contribution is -2.53. The first-order chi connectivity index (χ1) is 18.3. The molecule has 0 amide bonds. The molecule has 1 atom stereocenters. The summed E-state index contributed by atoms with van der Waals surface area (Å²) in [5.74, 6) is 0.838. The molecule has 3 aromatic carbocycles. The molecule has 4 aromatic rings. The van der Waals surface area contributed by atoms with Crippen molar-refractivity contribution in [1.29, 1.82) is 0 Å². The number of hydrogen-bond acceptors (Lipinski definition) is 5. The molecule has 4 rings (SSSR count). The van der Waals surface area contributed by atoms with E-state index in [1.807, 2.05) is 69.3 Å². The van der Waals surface area contributed by atoms with Gasteiger partial charge < -0.3 is 14.3 Å². The van der Waals surface area contributed by atoms with Gasteiger partial charge in [-0.25, -0.2) is 9.37 Å². The normalized spacial score (nSPS) is 12.7. The standard InChI is InChI=1S/C31H33FN2O4/c1-4-31(30(35)36,33-20-24-7-13-26(32)14-8-24)19-23-9-15-27(16-10-23)37-18-17-28-22(3)38-29(34-28)25-11-5-21(2)6-12-25/h5-16,33H,4,17-20H2,1-3H3,(H,35,36). The second-order valence-electron chi connectivity index (χ2n) is 9.53.